The summed E-state index contributed by atoms with van der Waals surface area (Å²) in [6.07, 6.45) is 0. The molecule has 2 rings (SSSR count). The summed E-state index contributed by atoms with van der Waals surface area (Å²) in [7, 11) is 0. The Labute approximate surface area is 139 Å². The van der Waals surface area contributed by atoms with E-state index in [4.69, 9.17) is 16.9 Å². The minimum atomic E-state index is -0.0839. The molecule has 0 saturated heterocycles. The van der Waals surface area contributed by atoms with Crippen LogP contribution in [-0.4, -0.2) is 11.7 Å². The number of nitriles is 1. The van der Waals surface area contributed by atoms with Gasteiger partial charge in [-0.1, -0.05) is 35.9 Å². The predicted molar refractivity (Wildman–Crippen MR) is 92.1 cm³/mol. The number of hydrogen-bond acceptors (Lipinski definition) is 3. The van der Waals surface area contributed by atoms with Gasteiger partial charge >= 0.3 is 0 Å². The van der Waals surface area contributed by atoms with Crippen LogP contribution in [0.1, 0.15) is 16.7 Å². The molecule has 5 heteroatoms. The summed E-state index contributed by atoms with van der Waals surface area (Å²) in [6.45, 7) is 2.06. The lowest BCUT2D eigenvalue weighted by molar-refractivity contribution is -0.113. The maximum absolute atomic E-state index is 11.9. The molecule has 1 N–H and O–H groups in total. The van der Waals surface area contributed by atoms with Crippen molar-refractivity contribution in [1.29, 1.82) is 5.26 Å². The Balaban J connectivity index is 1.85. The van der Waals surface area contributed by atoms with Gasteiger partial charge in [0, 0.05) is 11.4 Å². The first-order valence-corrected chi connectivity index (χ1v) is 8.25. The molecular formula is C17H15ClN2OS. The van der Waals surface area contributed by atoms with Gasteiger partial charge in [-0.15, -0.1) is 11.8 Å². The molecule has 0 fully saturated rings. The van der Waals surface area contributed by atoms with Crippen molar-refractivity contribution >= 4 is 35.0 Å². The largest absolute Gasteiger partial charge is 0.325 e. The smallest absolute Gasteiger partial charge is 0.234 e. The lowest BCUT2D eigenvalue weighted by Crippen LogP contribution is -2.14. The van der Waals surface area contributed by atoms with Crippen LogP contribution in [0.4, 0.5) is 5.69 Å². The molecule has 3 nitrogen and oxygen atoms in total. The maximum Gasteiger partial charge on any atom is 0.234 e. The summed E-state index contributed by atoms with van der Waals surface area (Å²) in [5, 5.41) is 11.9. The Hall–Kier alpha value is -1.96. The highest BCUT2D eigenvalue weighted by Gasteiger charge is 2.06. The lowest BCUT2D eigenvalue weighted by Gasteiger charge is -2.07. The van der Waals surface area contributed by atoms with Crippen LogP contribution < -0.4 is 5.32 Å². The van der Waals surface area contributed by atoms with Gasteiger partial charge in [-0.2, -0.15) is 5.26 Å². The van der Waals surface area contributed by atoms with Crippen LogP contribution >= 0.6 is 23.4 Å². The van der Waals surface area contributed by atoms with Gasteiger partial charge in [0.15, 0.2) is 0 Å². The molecule has 0 radical (unpaired) electrons. The van der Waals surface area contributed by atoms with Gasteiger partial charge in [-0.25, -0.2) is 0 Å². The van der Waals surface area contributed by atoms with Crippen molar-refractivity contribution in [3.05, 3.63) is 64.2 Å². The van der Waals surface area contributed by atoms with Gasteiger partial charge in [0.05, 0.1) is 16.3 Å². The average molecular weight is 331 g/mol. The van der Waals surface area contributed by atoms with Crippen molar-refractivity contribution in [2.24, 2.45) is 0 Å². The fraction of sp³-hybridized carbons (Fsp3) is 0.176. The van der Waals surface area contributed by atoms with Crippen LogP contribution in [0, 0.1) is 18.3 Å². The highest BCUT2D eigenvalue weighted by atomic mass is 35.5. The topological polar surface area (TPSA) is 52.9 Å². The van der Waals surface area contributed by atoms with Crippen LogP contribution in [0.2, 0.25) is 5.02 Å². The van der Waals surface area contributed by atoms with Gasteiger partial charge in [-0.3, -0.25) is 4.79 Å². The van der Waals surface area contributed by atoms with Crippen LogP contribution in [0.15, 0.2) is 42.5 Å². The van der Waals surface area contributed by atoms with Crippen LogP contribution in [0.3, 0.4) is 0 Å². The van der Waals surface area contributed by atoms with Crippen molar-refractivity contribution in [1.82, 2.24) is 0 Å². The second-order valence-electron chi connectivity index (χ2n) is 4.77. The predicted octanol–water partition coefficient (Wildman–Crippen LogP) is 4.39. The first-order chi connectivity index (χ1) is 10.6. The monoisotopic (exact) mass is 330 g/mol. The van der Waals surface area contributed by atoms with Gasteiger partial charge < -0.3 is 5.32 Å². The summed E-state index contributed by atoms with van der Waals surface area (Å²) in [4.78, 5) is 11.9. The molecule has 0 aromatic heterocycles. The van der Waals surface area contributed by atoms with E-state index in [0.29, 0.717) is 22.0 Å². The number of benzene rings is 2. The molecule has 0 aliphatic heterocycles. The van der Waals surface area contributed by atoms with E-state index in [9.17, 15) is 4.79 Å². The standard InChI is InChI=1S/C17H15ClN2OS/c1-12-4-2-3-5-14(12)10-22-11-17(21)20-15-7-6-13(9-19)16(18)8-15/h2-8H,10-11H2,1H3,(H,20,21). The summed E-state index contributed by atoms with van der Waals surface area (Å²) in [6, 6.07) is 15.0. The molecule has 0 saturated carbocycles. The second-order valence-corrected chi connectivity index (χ2v) is 6.17. The van der Waals surface area contributed by atoms with E-state index in [-0.39, 0.29) is 5.91 Å². The average Bonchev–Trinajstić information content (AvgIpc) is 2.49. The quantitative estimate of drug-likeness (QED) is 0.884. The molecule has 0 aliphatic carbocycles. The third-order valence-electron chi connectivity index (χ3n) is 3.13. The van der Waals surface area contributed by atoms with Crippen LogP contribution in [0.5, 0.6) is 0 Å². The fourth-order valence-electron chi connectivity index (χ4n) is 1.91. The number of amides is 1. The van der Waals surface area contributed by atoms with Gasteiger partial charge in [-0.05, 0) is 36.2 Å². The number of halogens is 1. The molecule has 112 valence electrons. The second kappa shape index (κ2) is 7.88. The van der Waals surface area contributed by atoms with Crippen molar-refractivity contribution in [2.45, 2.75) is 12.7 Å². The number of anilines is 1. The molecule has 0 unspecified atom stereocenters. The number of nitrogens with one attached hydrogen (secondary N) is 1. The molecule has 1 amide bonds. The van der Waals surface area contributed by atoms with Crippen molar-refractivity contribution in [3.63, 3.8) is 0 Å². The van der Waals surface area contributed by atoms with E-state index >= 15 is 0 Å². The zero-order chi connectivity index (χ0) is 15.9. The molecule has 0 aliphatic rings. The SMILES string of the molecule is Cc1ccccc1CSCC(=O)Nc1ccc(C#N)c(Cl)c1. The van der Waals surface area contributed by atoms with Crippen LogP contribution in [-0.2, 0) is 10.5 Å². The zero-order valence-electron chi connectivity index (χ0n) is 12.1. The number of carbonyl (C=O) groups is 1. The number of carbonyl (C=O) groups excluding carboxylic acids is 1. The van der Waals surface area contributed by atoms with E-state index in [1.54, 1.807) is 30.0 Å². The molecule has 2 aromatic rings. The van der Waals surface area contributed by atoms with E-state index in [1.165, 1.54) is 11.1 Å². The minimum absolute atomic E-state index is 0.0839. The minimum Gasteiger partial charge on any atom is -0.325 e. The first-order valence-electron chi connectivity index (χ1n) is 6.72. The highest BCUT2D eigenvalue weighted by Crippen LogP contribution is 2.21. The number of aryl methyl sites for hydroxylation is 1. The van der Waals surface area contributed by atoms with Gasteiger partial charge in [0.25, 0.3) is 0 Å². The van der Waals surface area contributed by atoms with Crippen molar-refractivity contribution < 1.29 is 4.79 Å². The molecular weight excluding hydrogens is 316 g/mol. The summed E-state index contributed by atoms with van der Waals surface area (Å²) >= 11 is 7.50. The summed E-state index contributed by atoms with van der Waals surface area (Å²) < 4.78 is 0. The Kier molecular flexibility index (Phi) is 5.88. The number of nitrogens with zero attached hydrogens (tertiary/aromatic N) is 1. The third-order valence-corrected chi connectivity index (χ3v) is 4.42. The molecule has 0 bridgehead atoms. The molecule has 2 aromatic carbocycles. The van der Waals surface area contributed by atoms with Gasteiger partial charge in [0.1, 0.15) is 6.07 Å². The number of thioether (sulfide) groups is 1. The maximum atomic E-state index is 11.9. The first kappa shape index (κ1) is 16.4. The van der Waals surface area contributed by atoms with E-state index < -0.39 is 0 Å². The highest BCUT2D eigenvalue weighted by molar-refractivity contribution is 7.99. The lowest BCUT2D eigenvalue weighted by atomic mass is 10.1. The number of hydrogen-bond donors (Lipinski definition) is 1. The molecule has 22 heavy (non-hydrogen) atoms. The van der Waals surface area contributed by atoms with E-state index in [2.05, 4.69) is 24.4 Å². The summed E-state index contributed by atoms with van der Waals surface area (Å²) in [5.74, 6) is 1.08. The Morgan fingerprint density at radius 3 is 2.77 bits per heavy atom. The zero-order valence-corrected chi connectivity index (χ0v) is 13.7. The van der Waals surface area contributed by atoms with Crippen LogP contribution in [0.25, 0.3) is 0 Å². The van der Waals surface area contributed by atoms with E-state index in [0.717, 1.165) is 5.75 Å². The summed E-state index contributed by atoms with van der Waals surface area (Å²) in [5.41, 5.74) is 3.47. The molecule has 0 atom stereocenters. The molecule has 0 spiro atoms. The van der Waals surface area contributed by atoms with Crippen molar-refractivity contribution in [2.75, 3.05) is 11.1 Å². The Bertz CT molecular complexity index is 725. The third kappa shape index (κ3) is 4.52. The fourth-order valence-corrected chi connectivity index (χ4v) is 3.03. The molecule has 0 heterocycles. The van der Waals surface area contributed by atoms with Gasteiger partial charge in [0.2, 0.25) is 5.91 Å². The Morgan fingerprint density at radius 1 is 1.32 bits per heavy atom. The Morgan fingerprint density at radius 2 is 2.09 bits per heavy atom. The normalized spacial score (nSPS) is 10.0. The van der Waals surface area contributed by atoms with Crippen molar-refractivity contribution in [3.8, 4) is 6.07 Å². The number of rotatable bonds is 5. The van der Waals surface area contributed by atoms with E-state index in [1.807, 2.05) is 18.2 Å².